The van der Waals surface area contributed by atoms with Crippen molar-refractivity contribution >= 4 is 68.3 Å². The highest BCUT2D eigenvalue weighted by Crippen LogP contribution is 2.43. The van der Waals surface area contributed by atoms with Crippen molar-refractivity contribution in [2.45, 2.75) is 0 Å². The molecule has 0 aliphatic rings. The van der Waals surface area contributed by atoms with Crippen molar-refractivity contribution in [1.82, 2.24) is 8.75 Å². The van der Waals surface area contributed by atoms with Gasteiger partial charge in [0.25, 0.3) is 0 Å². The molecule has 88 valence electrons. The van der Waals surface area contributed by atoms with Crippen molar-refractivity contribution in [3.63, 3.8) is 0 Å². The van der Waals surface area contributed by atoms with Crippen LogP contribution in [0.1, 0.15) is 0 Å². The van der Waals surface area contributed by atoms with Gasteiger partial charge in [0.15, 0.2) is 5.02 Å². The lowest BCUT2D eigenvalue weighted by atomic mass is 10.2. The molecule has 0 fully saturated rings. The van der Waals surface area contributed by atoms with E-state index in [1.807, 2.05) is 0 Å². The highest BCUT2D eigenvalue weighted by Gasteiger charge is 2.36. The van der Waals surface area contributed by atoms with Gasteiger partial charge in [0.1, 0.15) is 14.6 Å². The minimum Gasteiger partial charge on any atom is -0.258 e. The van der Waals surface area contributed by atoms with E-state index >= 15 is 0 Å². The van der Waals surface area contributed by atoms with Gasteiger partial charge in [-0.05, 0) is 22.6 Å². The molecule has 0 amide bonds. The first-order valence-corrected chi connectivity index (χ1v) is 6.05. The van der Waals surface area contributed by atoms with Gasteiger partial charge in [-0.2, -0.15) is 8.75 Å². The molecule has 0 unspecified atom stereocenters. The molecule has 0 atom stereocenters. The summed E-state index contributed by atoms with van der Waals surface area (Å²) in [5.41, 5.74) is -1.08. The van der Waals surface area contributed by atoms with Crippen LogP contribution in [-0.4, -0.2) is 18.6 Å². The third-order valence-electron chi connectivity index (χ3n) is 1.91. The second kappa shape index (κ2) is 4.27. The second-order valence-electron chi connectivity index (χ2n) is 2.80. The van der Waals surface area contributed by atoms with Crippen LogP contribution in [0.2, 0.25) is 5.02 Å². The molecule has 2 aromatic rings. The van der Waals surface area contributed by atoms with Crippen molar-refractivity contribution < 1.29 is 9.85 Å². The van der Waals surface area contributed by atoms with Gasteiger partial charge in [-0.3, -0.25) is 20.2 Å². The van der Waals surface area contributed by atoms with Crippen LogP contribution >= 0.6 is 45.9 Å². The van der Waals surface area contributed by atoms with Gasteiger partial charge >= 0.3 is 11.4 Å². The molecule has 0 aliphatic carbocycles. The molecule has 0 saturated carbocycles. The molecule has 0 aliphatic heterocycles. The predicted molar refractivity (Wildman–Crippen MR) is 68.5 cm³/mol. The van der Waals surface area contributed by atoms with E-state index in [2.05, 4.69) is 8.75 Å². The summed E-state index contributed by atoms with van der Waals surface area (Å²) in [7, 11) is 0. The van der Waals surface area contributed by atoms with E-state index in [1.54, 1.807) is 22.6 Å². The number of fused-ring (bicyclic) bond motifs is 1. The fraction of sp³-hybridized carbons (Fsp3) is 0. The number of nitro groups is 2. The van der Waals surface area contributed by atoms with Crippen LogP contribution in [0, 0.1) is 23.8 Å². The van der Waals surface area contributed by atoms with Crippen LogP contribution in [0.3, 0.4) is 0 Å². The summed E-state index contributed by atoms with van der Waals surface area (Å²) in [5.74, 6) is 0. The first kappa shape index (κ1) is 12.3. The van der Waals surface area contributed by atoms with Crippen molar-refractivity contribution in [3.8, 4) is 0 Å². The van der Waals surface area contributed by atoms with E-state index in [4.69, 9.17) is 11.6 Å². The molecule has 1 aromatic carbocycles. The maximum Gasteiger partial charge on any atom is 0.368 e. The summed E-state index contributed by atoms with van der Waals surface area (Å²) in [6, 6.07) is 0. The van der Waals surface area contributed by atoms with Gasteiger partial charge in [-0.15, -0.1) is 0 Å². The summed E-state index contributed by atoms with van der Waals surface area (Å²) in [6.07, 6.45) is 0. The Hall–Kier alpha value is -1.14. The summed E-state index contributed by atoms with van der Waals surface area (Å²) < 4.78 is 7.69. The quantitative estimate of drug-likeness (QED) is 0.445. The molecule has 17 heavy (non-hydrogen) atoms. The topological polar surface area (TPSA) is 112 Å². The summed E-state index contributed by atoms with van der Waals surface area (Å²) in [4.78, 5) is 20.0. The number of halogens is 2. The Bertz CT molecular complexity index is 605. The second-order valence-corrected chi connectivity index (χ2v) is 4.79. The fourth-order valence-corrected chi connectivity index (χ4v) is 3.13. The number of hydrogen-bond donors (Lipinski definition) is 0. The highest BCUT2D eigenvalue weighted by molar-refractivity contribution is 14.1. The predicted octanol–water partition coefficient (Wildman–Crippen LogP) is 2.77. The maximum atomic E-state index is 10.9. The third kappa shape index (κ3) is 1.81. The number of hydrogen-bond acceptors (Lipinski definition) is 7. The summed E-state index contributed by atoms with van der Waals surface area (Å²) in [5, 5.41) is 21.3. The molecule has 11 heteroatoms. The summed E-state index contributed by atoms with van der Waals surface area (Å²) >= 11 is 8.17. The number of nitrogens with zero attached hydrogens (tertiary/aromatic N) is 4. The van der Waals surface area contributed by atoms with E-state index < -0.39 is 21.2 Å². The molecule has 2 rings (SSSR count). The first-order valence-electron chi connectivity index (χ1n) is 3.87. The number of benzene rings is 1. The van der Waals surface area contributed by atoms with E-state index in [0.717, 1.165) is 11.7 Å². The highest BCUT2D eigenvalue weighted by atomic mass is 127. The van der Waals surface area contributed by atoms with Gasteiger partial charge < -0.3 is 0 Å². The van der Waals surface area contributed by atoms with Crippen molar-refractivity contribution in [2.24, 2.45) is 0 Å². The average molecular weight is 387 g/mol. The lowest BCUT2D eigenvalue weighted by molar-refractivity contribution is -0.422. The van der Waals surface area contributed by atoms with E-state index in [9.17, 15) is 20.2 Å². The Morgan fingerprint density at radius 3 is 2.18 bits per heavy atom. The molecule has 0 bridgehead atoms. The Morgan fingerprint density at radius 2 is 1.65 bits per heavy atom. The van der Waals surface area contributed by atoms with E-state index in [1.165, 1.54) is 0 Å². The standard InChI is InChI=1S/C6ClIN4O4S/c7-1-3-4(10-17-9-3)2(8)6(12(15)16)5(1)11(13)14. The van der Waals surface area contributed by atoms with Crippen LogP contribution in [-0.2, 0) is 0 Å². The van der Waals surface area contributed by atoms with Crippen LogP contribution in [0.25, 0.3) is 11.0 Å². The van der Waals surface area contributed by atoms with Gasteiger partial charge in [-0.25, -0.2) is 0 Å². The zero-order chi connectivity index (χ0) is 12.7. The Balaban J connectivity index is 3.03. The molecule has 8 nitrogen and oxygen atoms in total. The lowest BCUT2D eigenvalue weighted by Crippen LogP contribution is -2.01. The first-order chi connectivity index (χ1) is 7.95. The lowest BCUT2D eigenvalue weighted by Gasteiger charge is -2.00. The van der Waals surface area contributed by atoms with Crippen molar-refractivity contribution in [3.05, 3.63) is 28.8 Å². The molecule has 0 saturated heterocycles. The van der Waals surface area contributed by atoms with Crippen LogP contribution in [0.5, 0.6) is 0 Å². The van der Waals surface area contributed by atoms with Gasteiger partial charge in [0.05, 0.1) is 21.6 Å². The van der Waals surface area contributed by atoms with Crippen LogP contribution in [0.4, 0.5) is 11.4 Å². The molecule has 0 N–H and O–H groups in total. The third-order valence-corrected chi connectivity index (χ3v) is 3.82. The molecule has 0 radical (unpaired) electrons. The molecular weight excluding hydrogens is 387 g/mol. The molecule has 0 spiro atoms. The Labute approximate surface area is 115 Å². The van der Waals surface area contributed by atoms with Crippen molar-refractivity contribution in [2.75, 3.05) is 0 Å². The zero-order valence-corrected chi connectivity index (χ0v) is 11.3. The minimum atomic E-state index is -0.887. The largest absolute Gasteiger partial charge is 0.368 e. The Morgan fingerprint density at radius 1 is 1.12 bits per heavy atom. The van der Waals surface area contributed by atoms with Gasteiger partial charge in [0, 0.05) is 0 Å². The average Bonchev–Trinajstić information content (AvgIpc) is 2.70. The minimum absolute atomic E-state index is 0.0625. The van der Waals surface area contributed by atoms with Gasteiger partial charge in [-0.1, -0.05) is 11.6 Å². The normalized spacial score (nSPS) is 10.7. The maximum absolute atomic E-state index is 10.9. The smallest absolute Gasteiger partial charge is 0.258 e. The SMILES string of the molecule is O=[N+]([O-])c1c([N+](=O)[O-])c(I)c2nsnc2c1Cl. The molecular formula is C6ClIN4O4S. The summed E-state index contributed by atoms with van der Waals surface area (Å²) in [6.45, 7) is 0. The number of rotatable bonds is 2. The van der Waals surface area contributed by atoms with Crippen LogP contribution < -0.4 is 0 Å². The number of nitro benzene ring substituents is 2. The van der Waals surface area contributed by atoms with Gasteiger partial charge in [0.2, 0.25) is 0 Å². The number of aromatic nitrogens is 2. The molecule has 1 heterocycles. The Kier molecular flexibility index (Phi) is 3.09. The van der Waals surface area contributed by atoms with E-state index in [-0.39, 0.29) is 19.6 Å². The monoisotopic (exact) mass is 386 g/mol. The van der Waals surface area contributed by atoms with Crippen molar-refractivity contribution in [1.29, 1.82) is 0 Å². The zero-order valence-electron chi connectivity index (χ0n) is 7.59. The van der Waals surface area contributed by atoms with E-state index in [0.29, 0.717) is 0 Å². The fourth-order valence-electron chi connectivity index (χ4n) is 1.24. The molecule has 1 aromatic heterocycles. The van der Waals surface area contributed by atoms with Crippen LogP contribution in [0.15, 0.2) is 0 Å².